The number of nitrogen functional groups attached to an aromatic ring is 1. The molecule has 9 nitrogen and oxygen atoms in total. The van der Waals surface area contributed by atoms with E-state index < -0.39 is 35.8 Å². The molecule has 1 aromatic carbocycles. The summed E-state index contributed by atoms with van der Waals surface area (Å²) in [7, 11) is 0. The van der Waals surface area contributed by atoms with Crippen molar-refractivity contribution >= 4 is 17.3 Å². The van der Waals surface area contributed by atoms with Gasteiger partial charge in [0.2, 0.25) is 0 Å². The van der Waals surface area contributed by atoms with Crippen LogP contribution in [0.1, 0.15) is 31.0 Å². The van der Waals surface area contributed by atoms with Gasteiger partial charge in [-0.1, -0.05) is 30.3 Å². The van der Waals surface area contributed by atoms with E-state index in [1.54, 1.807) is 26.0 Å². The highest BCUT2D eigenvalue weighted by molar-refractivity contribution is 5.77. The van der Waals surface area contributed by atoms with Gasteiger partial charge in [0, 0.05) is 0 Å². The number of hydrogen-bond donors (Lipinski definition) is 3. The van der Waals surface area contributed by atoms with E-state index in [0.717, 1.165) is 5.56 Å². The Labute approximate surface area is 173 Å². The van der Waals surface area contributed by atoms with Crippen molar-refractivity contribution in [1.82, 2.24) is 14.6 Å². The second-order valence-electron chi connectivity index (χ2n) is 7.62. The van der Waals surface area contributed by atoms with Gasteiger partial charge in [0.05, 0.1) is 11.6 Å². The van der Waals surface area contributed by atoms with Crippen molar-refractivity contribution < 1.29 is 24.5 Å². The Hall–Kier alpha value is -3.01. The van der Waals surface area contributed by atoms with Gasteiger partial charge < -0.3 is 25.4 Å². The van der Waals surface area contributed by atoms with Crippen LogP contribution in [-0.4, -0.2) is 55.7 Å². The predicted octanol–water partition coefficient (Wildman–Crippen LogP) is 0.994. The molecule has 5 atom stereocenters. The number of nitrogens with two attached hydrogens (primary N) is 1. The highest BCUT2D eigenvalue weighted by atomic mass is 16.6. The van der Waals surface area contributed by atoms with Crippen molar-refractivity contribution in [3.8, 4) is 0 Å². The number of hydrogen-bond acceptors (Lipinski definition) is 8. The second kappa shape index (κ2) is 7.67. The number of aromatic nitrogens is 3. The van der Waals surface area contributed by atoms with E-state index in [9.17, 15) is 15.0 Å². The smallest absolute Gasteiger partial charge is 0.313 e. The number of aliphatic hydroxyl groups is 2. The Morgan fingerprint density at radius 2 is 2.03 bits per heavy atom. The van der Waals surface area contributed by atoms with Gasteiger partial charge in [-0.2, -0.15) is 5.10 Å². The summed E-state index contributed by atoms with van der Waals surface area (Å²) in [6.07, 6.45) is -2.11. The molecule has 158 valence electrons. The maximum absolute atomic E-state index is 12.4. The van der Waals surface area contributed by atoms with Gasteiger partial charge in [-0.05, 0) is 31.5 Å². The first kappa shape index (κ1) is 20.3. The normalized spacial score (nSPS) is 27.3. The van der Waals surface area contributed by atoms with Gasteiger partial charge in [0.25, 0.3) is 0 Å². The average Bonchev–Trinajstić information content (AvgIpc) is 3.29. The SMILES string of the molecule is C[C@@H](C(=O)OC[C@H]1O[C@@](C)(c2ccc3c(N)ncnn23)[C@H](O)[C@@H]1O)c1ccccc1. The molecule has 0 radical (unpaired) electrons. The first-order valence-electron chi connectivity index (χ1n) is 9.67. The van der Waals surface area contributed by atoms with Crippen LogP contribution in [0.2, 0.25) is 0 Å². The van der Waals surface area contributed by atoms with Crippen LogP contribution in [0.3, 0.4) is 0 Å². The van der Waals surface area contributed by atoms with Gasteiger partial charge in [-0.15, -0.1) is 0 Å². The zero-order valence-electron chi connectivity index (χ0n) is 16.7. The van der Waals surface area contributed by atoms with Crippen molar-refractivity contribution in [2.24, 2.45) is 0 Å². The Kier molecular flexibility index (Phi) is 5.19. The molecule has 3 aromatic rings. The molecule has 1 aliphatic heterocycles. The molecule has 1 saturated heterocycles. The first-order valence-corrected chi connectivity index (χ1v) is 9.67. The molecule has 0 saturated carbocycles. The summed E-state index contributed by atoms with van der Waals surface area (Å²) in [5.74, 6) is -0.614. The lowest BCUT2D eigenvalue weighted by Gasteiger charge is -2.27. The predicted molar refractivity (Wildman–Crippen MR) is 107 cm³/mol. The topological polar surface area (TPSA) is 132 Å². The Morgan fingerprint density at radius 3 is 2.77 bits per heavy atom. The summed E-state index contributed by atoms with van der Waals surface area (Å²) >= 11 is 0. The number of nitrogens with zero attached hydrogens (tertiary/aromatic N) is 3. The van der Waals surface area contributed by atoms with E-state index in [1.807, 2.05) is 30.3 Å². The van der Waals surface area contributed by atoms with E-state index >= 15 is 0 Å². The Morgan fingerprint density at radius 1 is 1.30 bits per heavy atom. The number of rotatable bonds is 5. The lowest BCUT2D eigenvalue weighted by atomic mass is 9.93. The van der Waals surface area contributed by atoms with Gasteiger partial charge in [0.1, 0.15) is 42.4 Å². The van der Waals surface area contributed by atoms with Crippen molar-refractivity contribution in [3.63, 3.8) is 0 Å². The van der Waals surface area contributed by atoms with E-state index in [2.05, 4.69) is 10.1 Å². The summed E-state index contributed by atoms with van der Waals surface area (Å²) in [5.41, 5.74) is 6.49. The number of anilines is 1. The van der Waals surface area contributed by atoms with Crippen LogP contribution < -0.4 is 5.73 Å². The summed E-state index contributed by atoms with van der Waals surface area (Å²) in [5, 5.41) is 25.5. The highest BCUT2D eigenvalue weighted by Crippen LogP contribution is 2.40. The van der Waals surface area contributed by atoms with Crippen molar-refractivity contribution in [2.75, 3.05) is 12.3 Å². The minimum Gasteiger partial charge on any atom is -0.462 e. The zero-order chi connectivity index (χ0) is 21.5. The van der Waals surface area contributed by atoms with E-state index in [1.165, 1.54) is 10.8 Å². The standard InChI is InChI=1S/C21H24N4O5/c1-12(13-6-4-3-5-7-13)20(28)29-10-15-17(26)18(27)21(2,30-15)16-9-8-14-19(22)23-11-24-25(14)16/h3-9,11-12,15,17-18,26-27H,10H2,1-2H3,(H2,22,23,24)/t12-,15-,17-,18-,21+/m1/s1. The largest absolute Gasteiger partial charge is 0.462 e. The van der Waals surface area contributed by atoms with Crippen LogP contribution in [0.5, 0.6) is 0 Å². The van der Waals surface area contributed by atoms with Crippen LogP contribution in [0.15, 0.2) is 48.8 Å². The number of fused-ring (bicyclic) bond motifs is 1. The fourth-order valence-electron chi connectivity index (χ4n) is 3.82. The molecular formula is C21H24N4O5. The lowest BCUT2D eigenvalue weighted by Crippen LogP contribution is -2.39. The summed E-state index contributed by atoms with van der Waals surface area (Å²) in [6, 6.07) is 12.7. The highest BCUT2D eigenvalue weighted by Gasteiger charge is 2.54. The van der Waals surface area contributed by atoms with Crippen LogP contribution in [-0.2, 0) is 19.9 Å². The maximum atomic E-state index is 12.4. The van der Waals surface area contributed by atoms with E-state index in [0.29, 0.717) is 11.2 Å². The molecule has 0 unspecified atom stereocenters. The molecular weight excluding hydrogens is 388 g/mol. The average molecular weight is 412 g/mol. The fraction of sp³-hybridized carbons (Fsp3) is 0.381. The number of carbonyl (C=O) groups excluding carboxylic acids is 1. The molecule has 0 spiro atoms. The molecule has 1 fully saturated rings. The number of ether oxygens (including phenoxy) is 2. The summed E-state index contributed by atoms with van der Waals surface area (Å²) in [4.78, 5) is 16.4. The number of aliphatic hydroxyl groups excluding tert-OH is 2. The quantitative estimate of drug-likeness (QED) is 0.529. The third-order valence-corrected chi connectivity index (χ3v) is 5.70. The first-order chi connectivity index (χ1) is 14.3. The number of carbonyl (C=O) groups is 1. The molecule has 0 bridgehead atoms. The molecule has 4 rings (SSSR count). The second-order valence-corrected chi connectivity index (χ2v) is 7.62. The third kappa shape index (κ3) is 3.30. The van der Waals surface area contributed by atoms with Gasteiger partial charge in [-0.3, -0.25) is 4.79 Å². The Bertz CT molecular complexity index is 1060. The molecule has 3 heterocycles. The van der Waals surface area contributed by atoms with E-state index in [-0.39, 0.29) is 12.4 Å². The summed E-state index contributed by atoms with van der Waals surface area (Å²) < 4.78 is 12.9. The van der Waals surface area contributed by atoms with Crippen molar-refractivity contribution in [2.45, 2.75) is 43.7 Å². The molecule has 9 heteroatoms. The number of benzene rings is 1. The Balaban J connectivity index is 1.50. The van der Waals surface area contributed by atoms with Crippen LogP contribution in [0.25, 0.3) is 5.52 Å². The molecule has 4 N–H and O–H groups in total. The molecule has 1 aliphatic rings. The minimum atomic E-state index is -1.28. The van der Waals surface area contributed by atoms with Crippen LogP contribution in [0.4, 0.5) is 5.82 Å². The minimum absolute atomic E-state index is 0.190. The lowest BCUT2D eigenvalue weighted by molar-refractivity contribution is -0.153. The van der Waals surface area contributed by atoms with Gasteiger partial charge >= 0.3 is 5.97 Å². The molecule has 0 aliphatic carbocycles. The van der Waals surface area contributed by atoms with Gasteiger partial charge in [-0.25, -0.2) is 9.50 Å². The summed E-state index contributed by atoms with van der Waals surface area (Å²) in [6.45, 7) is 3.21. The monoisotopic (exact) mass is 412 g/mol. The van der Waals surface area contributed by atoms with Gasteiger partial charge in [0.15, 0.2) is 5.82 Å². The van der Waals surface area contributed by atoms with Crippen LogP contribution >= 0.6 is 0 Å². The number of esters is 1. The van der Waals surface area contributed by atoms with Crippen molar-refractivity contribution in [3.05, 3.63) is 60.0 Å². The third-order valence-electron chi connectivity index (χ3n) is 5.70. The maximum Gasteiger partial charge on any atom is 0.313 e. The molecule has 0 amide bonds. The van der Waals surface area contributed by atoms with E-state index in [4.69, 9.17) is 15.2 Å². The molecule has 2 aromatic heterocycles. The zero-order valence-corrected chi connectivity index (χ0v) is 16.7. The van der Waals surface area contributed by atoms with Crippen molar-refractivity contribution in [1.29, 1.82) is 0 Å². The molecule has 30 heavy (non-hydrogen) atoms. The van der Waals surface area contributed by atoms with Crippen LogP contribution in [0, 0.1) is 0 Å². The fourth-order valence-corrected chi connectivity index (χ4v) is 3.82.